The molecule has 0 bridgehead atoms. The third kappa shape index (κ3) is 5.59. The van der Waals surface area contributed by atoms with E-state index in [1.165, 1.54) is 0 Å². The standard InChI is InChI=1S/C18H8F17IO4/c19-11(20,5-6-39-9(37)7-1-3-8(4-2-7)10(38)40-36)12(21,22)13(23,24)14(25,26)15(27,28)16(29,30)17(31,32)18(33,34)35/h1-4H,5-6H2. The maximum absolute atomic E-state index is 13.8. The number of hydrogen-bond acceptors (Lipinski definition) is 4. The minimum atomic E-state index is -8.72. The average molecular weight is 738 g/mol. The molecular formula is C18H8F17IO4. The molecule has 1 rings (SSSR count). The van der Waals surface area contributed by atoms with Crippen molar-refractivity contribution in [3.8, 4) is 0 Å². The summed E-state index contributed by atoms with van der Waals surface area (Å²) in [6, 6.07) is 3.26. The normalized spacial score (nSPS) is 14.7. The zero-order valence-corrected chi connectivity index (χ0v) is 20.3. The quantitative estimate of drug-likeness (QED) is 0.133. The van der Waals surface area contributed by atoms with Gasteiger partial charge in [0.25, 0.3) is 0 Å². The van der Waals surface area contributed by atoms with Gasteiger partial charge in [0.15, 0.2) is 23.0 Å². The molecule has 0 fully saturated rings. The number of rotatable bonds is 11. The molecule has 0 saturated carbocycles. The summed E-state index contributed by atoms with van der Waals surface area (Å²) in [7, 11) is 0. The number of carbonyl (C=O) groups excluding carboxylic acids is 2. The molecular weight excluding hydrogens is 730 g/mol. The number of carbonyl (C=O) groups is 2. The fourth-order valence-corrected chi connectivity index (χ4v) is 2.75. The first-order valence-electron chi connectivity index (χ1n) is 9.40. The van der Waals surface area contributed by atoms with Gasteiger partial charge in [0, 0.05) is 0 Å². The van der Waals surface area contributed by atoms with Gasteiger partial charge in [-0.3, -0.25) is 0 Å². The number of esters is 1. The van der Waals surface area contributed by atoms with Crippen molar-refractivity contribution in [3.63, 3.8) is 0 Å². The average Bonchev–Trinajstić information content (AvgIpc) is 2.81. The fraction of sp³-hybridized carbons (Fsp3) is 0.556. The molecule has 4 nitrogen and oxygen atoms in total. The highest BCUT2D eigenvalue weighted by Gasteiger charge is 2.95. The van der Waals surface area contributed by atoms with Crippen molar-refractivity contribution < 1.29 is 92.0 Å². The summed E-state index contributed by atoms with van der Waals surface area (Å²) < 4.78 is 233. The summed E-state index contributed by atoms with van der Waals surface area (Å²) in [5.74, 6) is -59.8. The third-order valence-corrected chi connectivity index (χ3v) is 5.26. The van der Waals surface area contributed by atoms with Gasteiger partial charge < -0.3 is 7.80 Å². The van der Waals surface area contributed by atoms with E-state index in [-0.39, 0.29) is 5.56 Å². The van der Waals surface area contributed by atoms with Crippen LogP contribution in [0.5, 0.6) is 0 Å². The van der Waals surface area contributed by atoms with Crippen molar-refractivity contribution in [3.05, 3.63) is 35.4 Å². The lowest BCUT2D eigenvalue weighted by atomic mass is 9.88. The summed E-state index contributed by atoms with van der Waals surface area (Å²) in [6.07, 6.45) is -10.8. The number of alkyl halides is 17. The Bertz CT molecular complexity index is 1080. The van der Waals surface area contributed by atoms with Gasteiger partial charge in [0.05, 0.1) is 24.2 Å². The van der Waals surface area contributed by atoms with Crippen molar-refractivity contribution in [2.45, 2.75) is 54.1 Å². The van der Waals surface area contributed by atoms with Crippen LogP contribution in [-0.2, 0) is 7.80 Å². The summed E-state index contributed by atoms with van der Waals surface area (Å²) in [4.78, 5) is 23.0. The second kappa shape index (κ2) is 10.8. The van der Waals surface area contributed by atoms with Crippen molar-refractivity contribution in [1.29, 1.82) is 0 Å². The van der Waals surface area contributed by atoms with Crippen LogP contribution >= 0.6 is 23.0 Å². The number of halogens is 18. The first-order chi connectivity index (χ1) is 17.6. The Kier molecular flexibility index (Phi) is 9.68. The molecule has 0 spiro atoms. The number of ether oxygens (including phenoxy) is 1. The maximum Gasteiger partial charge on any atom is 0.460 e. The van der Waals surface area contributed by atoms with Gasteiger partial charge in [0.2, 0.25) is 0 Å². The molecule has 0 aliphatic rings. The molecule has 1 aromatic carbocycles. The van der Waals surface area contributed by atoms with Crippen LogP contribution in [0.15, 0.2) is 24.3 Å². The van der Waals surface area contributed by atoms with E-state index in [1.54, 1.807) is 0 Å². The summed E-state index contributed by atoms with van der Waals surface area (Å²) in [5.41, 5.74) is -0.819. The van der Waals surface area contributed by atoms with Gasteiger partial charge in [0.1, 0.15) is 0 Å². The number of benzene rings is 1. The zero-order chi connectivity index (χ0) is 32.0. The molecule has 0 radical (unpaired) electrons. The van der Waals surface area contributed by atoms with E-state index in [0.29, 0.717) is 0 Å². The minimum absolute atomic E-state index is 0.198. The Morgan fingerprint density at radius 3 is 1.23 bits per heavy atom. The maximum atomic E-state index is 13.8. The van der Waals surface area contributed by atoms with Crippen LogP contribution in [0.25, 0.3) is 0 Å². The van der Waals surface area contributed by atoms with E-state index in [4.69, 9.17) is 0 Å². The van der Waals surface area contributed by atoms with E-state index >= 15 is 0 Å². The Hall–Kier alpha value is -2.30. The fourth-order valence-electron chi connectivity index (χ4n) is 2.50. The molecule has 0 unspecified atom stereocenters. The van der Waals surface area contributed by atoms with E-state index < -0.39 is 78.2 Å². The van der Waals surface area contributed by atoms with Gasteiger partial charge in [-0.25, -0.2) is 9.59 Å². The zero-order valence-electron chi connectivity index (χ0n) is 18.2. The molecule has 40 heavy (non-hydrogen) atoms. The van der Waals surface area contributed by atoms with Crippen molar-refractivity contribution in [2.24, 2.45) is 0 Å². The van der Waals surface area contributed by atoms with Crippen LogP contribution < -0.4 is 0 Å². The number of hydrogen-bond donors (Lipinski definition) is 0. The smallest absolute Gasteiger partial charge is 0.460 e. The molecule has 230 valence electrons. The predicted octanol–water partition coefficient (Wildman–Crippen LogP) is 7.75. The van der Waals surface area contributed by atoms with Crippen molar-refractivity contribution in [2.75, 3.05) is 6.61 Å². The Morgan fingerprint density at radius 2 is 0.875 bits per heavy atom. The van der Waals surface area contributed by atoms with E-state index in [0.717, 1.165) is 47.3 Å². The van der Waals surface area contributed by atoms with Crippen molar-refractivity contribution >= 4 is 34.9 Å². The van der Waals surface area contributed by atoms with Crippen LogP contribution in [-0.4, -0.2) is 66.2 Å². The second-order valence-electron chi connectivity index (χ2n) is 7.48. The highest BCUT2D eigenvalue weighted by Crippen LogP contribution is 2.64. The largest absolute Gasteiger partial charge is 0.462 e. The molecule has 0 aliphatic carbocycles. The third-order valence-electron chi connectivity index (χ3n) is 4.86. The minimum Gasteiger partial charge on any atom is -0.462 e. The van der Waals surface area contributed by atoms with Gasteiger partial charge in [-0.2, -0.15) is 74.6 Å². The highest BCUT2D eigenvalue weighted by atomic mass is 127. The van der Waals surface area contributed by atoms with E-state index in [2.05, 4.69) is 7.80 Å². The lowest BCUT2D eigenvalue weighted by Crippen LogP contribution is -2.74. The van der Waals surface area contributed by atoms with Gasteiger partial charge in [-0.1, -0.05) is 0 Å². The van der Waals surface area contributed by atoms with Gasteiger partial charge in [-0.05, 0) is 24.3 Å². The van der Waals surface area contributed by atoms with Crippen LogP contribution in [0.4, 0.5) is 74.6 Å². The van der Waals surface area contributed by atoms with Crippen LogP contribution in [0, 0.1) is 0 Å². The molecule has 1 aromatic rings. The SMILES string of the molecule is O=C(OI)c1ccc(C(=O)OCCC(F)(F)C(F)(F)C(F)(F)C(F)(F)C(F)(F)C(F)(F)C(F)(F)C(F)(F)F)cc1. The summed E-state index contributed by atoms with van der Waals surface area (Å²) >= 11 is 1.16. The topological polar surface area (TPSA) is 52.6 Å². The molecule has 0 amide bonds. The van der Waals surface area contributed by atoms with Crippen LogP contribution in [0.2, 0.25) is 0 Å². The first-order valence-corrected chi connectivity index (χ1v) is 10.3. The van der Waals surface area contributed by atoms with Gasteiger partial charge >= 0.3 is 59.6 Å². The molecule has 22 heteroatoms. The molecule has 0 aromatic heterocycles. The predicted molar refractivity (Wildman–Crippen MR) is 101 cm³/mol. The molecule has 0 atom stereocenters. The molecule has 0 aliphatic heterocycles. The molecule has 0 heterocycles. The Balaban J connectivity index is 3.23. The monoisotopic (exact) mass is 738 g/mol. The lowest BCUT2D eigenvalue weighted by molar-refractivity contribution is -0.461. The Morgan fingerprint density at radius 1 is 0.550 bits per heavy atom. The van der Waals surface area contributed by atoms with E-state index in [1.807, 2.05) is 0 Å². The highest BCUT2D eigenvalue weighted by molar-refractivity contribution is 14.1. The van der Waals surface area contributed by atoms with Gasteiger partial charge in [-0.15, -0.1) is 0 Å². The molecule has 0 saturated heterocycles. The lowest BCUT2D eigenvalue weighted by Gasteiger charge is -2.42. The van der Waals surface area contributed by atoms with E-state index in [9.17, 15) is 84.2 Å². The van der Waals surface area contributed by atoms with Crippen LogP contribution in [0.1, 0.15) is 27.1 Å². The Labute approximate surface area is 223 Å². The second-order valence-corrected chi connectivity index (χ2v) is 7.92. The summed E-state index contributed by atoms with van der Waals surface area (Å²) in [6.45, 7) is -2.08. The first kappa shape index (κ1) is 35.7. The molecule has 0 N–H and O–H groups in total. The summed E-state index contributed by atoms with van der Waals surface area (Å²) in [5, 5.41) is 0. The van der Waals surface area contributed by atoms with Crippen LogP contribution in [0.3, 0.4) is 0 Å². The van der Waals surface area contributed by atoms with Crippen molar-refractivity contribution in [1.82, 2.24) is 0 Å².